The van der Waals surface area contributed by atoms with Crippen LogP contribution in [0.2, 0.25) is 0 Å². The minimum atomic E-state index is -4.25. The molecule has 0 unspecified atom stereocenters. The lowest BCUT2D eigenvalue weighted by atomic mass is 10.3. The molecule has 1 heterocycles. The van der Waals surface area contributed by atoms with Gasteiger partial charge in [0.15, 0.2) is 0 Å². The first-order chi connectivity index (χ1) is 7.87. The molecular formula is C11H19F3N2O. The van der Waals surface area contributed by atoms with Crippen LogP contribution in [-0.4, -0.2) is 23.1 Å². The van der Waals surface area contributed by atoms with Crippen molar-refractivity contribution < 1.29 is 17.9 Å². The number of hydrogen-bond acceptors (Lipinski definition) is 2. The summed E-state index contributed by atoms with van der Waals surface area (Å²) in [4.78, 5) is 0. The van der Waals surface area contributed by atoms with E-state index in [-0.39, 0.29) is 5.88 Å². The Kier molecular flexibility index (Phi) is 6.68. The van der Waals surface area contributed by atoms with Crippen LogP contribution in [0.4, 0.5) is 13.2 Å². The molecule has 3 nitrogen and oxygen atoms in total. The Hall–Kier alpha value is -1.20. The van der Waals surface area contributed by atoms with Gasteiger partial charge in [-0.15, -0.1) is 5.10 Å². The van der Waals surface area contributed by atoms with Gasteiger partial charge < -0.3 is 4.74 Å². The number of ether oxygens (including phenoxy) is 1. The summed E-state index contributed by atoms with van der Waals surface area (Å²) in [7, 11) is 1.39. The third kappa shape index (κ3) is 6.19. The topological polar surface area (TPSA) is 27.1 Å². The van der Waals surface area contributed by atoms with E-state index < -0.39 is 12.7 Å². The first-order valence-corrected chi connectivity index (χ1v) is 5.54. The number of alkyl halides is 3. The quantitative estimate of drug-likeness (QED) is 0.824. The fraction of sp³-hybridized carbons (Fsp3) is 0.727. The third-order valence-corrected chi connectivity index (χ3v) is 1.71. The Labute approximate surface area is 99.6 Å². The molecule has 0 spiro atoms. The minimum Gasteiger partial charge on any atom is -0.480 e. The summed E-state index contributed by atoms with van der Waals surface area (Å²) in [5.74, 6) is 0.261. The van der Waals surface area contributed by atoms with Crippen LogP contribution in [0, 0.1) is 0 Å². The molecule has 0 aliphatic carbocycles. The second kappa shape index (κ2) is 7.19. The van der Waals surface area contributed by atoms with Crippen molar-refractivity contribution in [2.75, 3.05) is 7.11 Å². The van der Waals surface area contributed by atoms with Gasteiger partial charge in [-0.05, 0) is 6.42 Å². The van der Waals surface area contributed by atoms with Crippen LogP contribution in [0.5, 0.6) is 5.88 Å². The Bertz CT molecular complexity index is 300. The molecule has 0 saturated heterocycles. The molecule has 17 heavy (non-hydrogen) atoms. The number of hydrogen-bond donors (Lipinski definition) is 0. The van der Waals surface area contributed by atoms with Crippen molar-refractivity contribution in [1.82, 2.24) is 9.78 Å². The summed E-state index contributed by atoms with van der Waals surface area (Å²) in [6.45, 7) is 5.00. The molecule has 0 atom stereocenters. The van der Waals surface area contributed by atoms with E-state index in [1.807, 2.05) is 6.92 Å². The summed E-state index contributed by atoms with van der Waals surface area (Å²) < 4.78 is 41.6. The predicted molar refractivity (Wildman–Crippen MR) is 60.2 cm³/mol. The Morgan fingerprint density at radius 1 is 1.29 bits per heavy atom. The van der Waals surface area contributed by atoms with E-state index in [4.69, 9.17) is 4.74 Å². The fourth-order valence-corrected chi connectivity index (χ4v) is 1.12. The van der Waals surface area contributed by atoms with Crippen molar-refractivity contribution >= 4 is 0 Å². The van der Waals surface area contributed by atoms with E-state index >= 15 is 0 Å². The highest BCUT2D eigenvalue weighted by molar-refractivity contribution is 5.22. The van der Waals surface area contributed by atoms with Gasteiger partial charge in [0, 0.05) is 11.8 Å². The highest BCUT2D eigenvalue weighted by atomic mass is 19.4. The van der Waals surface area contributed by atoms with Crippen LogP contribution in [0.3, 0.4) is 0 Å². The van der Waals surface area contributed by atoms with Gasteiger partial charge >= 0.3 is 6.18 Å². The van der Waals surface area contributed by atoms with Gasteiger partial charge in [0.2, 0.25) is 5.88 Å². The van der Waals surface area contributed by atoms with E-state index in [2.05, 4.69) is 18.9 Å². The molecule has 0 amide bonds. The lowest BCUT2D eigenvalue weighted by molar-refractivity contribution is -0.142. The molecule has 0 aliphatic rings. The van der Waals surface area contributed by atoms with E-state index in [1.54, 1.807) is 0 Å². The Morgan fingerprint density at radius 2 is 1.82 bits per heavy atom. The normalized spacial score (nSPS) is 10.8. The minimum absolute atomic E-state index is 0.261. The van der Waals surface area contributed by atoms with Crippen molar-refractivity contribution in [3.63, 3.8) is 0 Å². The standard InChI is InChI=1S/C8H11F3N2O.C3H8/c1-3-6-4-13(5-8(9,10)11)12-7(6)14-2;1-3-2/h4H,3,5H2,1-2H3;3H2,1-2H3. The van der Waals surface area contributed by atoms with Gasteiger partial charge in [-0.2, -0.15) is 13.2 Å². The molecule has 0 aromatic carbocycles. The maximum absolute atomic E-state index is 12.0. The molecule has 1 aromatic heterocycles. The summed E-state index contributed by atoms with van der Waals surface area (Å²) in [5, 5.41) is 3.66. The first kappa shape index (κ1) is 15.8. The SMILES string of the molecule is CCC.CCc1cn(CC(F)(F)F)nc1OC. The molecule has 0 fully saturated rings. The number of aromatic nitrogens is 2. The number of halogens is 3. The Balaban J connectivity index is 0.000000770. The molecule has 6 heteroatoms. The molecule has 0 saturated carbocycles. The van der Waals surface area contributed by atoms with Crippen LogP contribution in [0.15, 0.2) is 6.20 Å². The zero-order valence-electron chi connectivity index (χ0n) is 10.6. The van der Waals surface area contributed by atoms with Crippen LogP contribution >= 0.6 is 0 Å². The zero-order valence-corrected chi connectivity index (χ0v) is 10.6. The van der Waals surface area contributed by atoms with Crippen molar-refractivity contribution in [3.05, 3.63) is 11.8 Å². The van der Waals surface area contributed by atoms with E-state index in [1.165, 1.54) is 19.7 Å². The highest BCUT2D eigenvalue weighted by Gasteiger charge is 2.29. The van der Waals surface area contributed by atoms with Crippen molar-refractivity contribution in [3.8, 4) is 5.88 Å². The average Bonchev–Trinajstić information content (AvgIpc) is 2.58. The molecular weight excluding hydrogens is 233 g/mol. The summed E-state index contributed by atoms with van der Waals surface area (Å²) in [6, 6.07) is 0. The van der Waals surface area contributed by atoms with Crippen LogP contribution in [0.1, 0.15) is 32.8 Å². The summed E-state index contributed by atoms with van der Waals surface area (Å²) in [6.07, 6.45) is -1.05. The van der Waals surface area contributed by atoms with Gasteiger partial charge in [0.05, 0.1) is 7.11 Å². The number of aryl methyl sites for hydroxylation is 1. The van der Waals surface area contributed by atoms with E-state index in [0.717, 1.165) is 4.68 Å². The smallest absolute Gasteiger partial charge is 0.408 e. The molecule has 0 aliphatic heterocycles. The molecule has 0 radical (unpaired) electrons. The largest absolute Gasteiger partial charge is 0.480 e. The van der Waals surface area contributed by atoms with Gasteiger partial charge in [0.25, 0.3) is 0 Å². The second-order valence-electron chi connectivity index (χ2n) is 3.54. The predicted octanol–water partition coefficient (Wildman–Crippen LogP) is 3.43. The van der Waals surface area contributed by atoms with Gasteiger partial charge in [-0.25, -0.2) is 0 Å². The van der Waals surface area contributed by atoms with Gasteiger partial charge in [0.1, 0.15) is 6.54 Å². The van der Waals surface area contributed by atoms with Crippen molar-refractivity contribution in [2.45, 2.75) is 46.3 Å². The zero-order chi connectivity index (χ0) is 13.5. The molecule has 1 aromatic rings. The second-order valence-corrected chi connectivity index (χ2v) is 3.54. The third-order valence-electron chi connectivity index (χ3n) is 1.71. The van der Waals surface area contributed by atoms with E-state index in [0.29, 0.717) is 12.0 Å². The molecule has 0 N–H and O–H groups in total. The summed E-state index contributed by atoms with van der Waals surface area (Å²) in [5.41, 5.74) is 0.678. The van der Waals surface area contributed by atoms with Crippen LogP contribution in [-0.2, 0) is 13.0 Å². The first-order valence-electron chi connectivity index (χ1n) is 5.54. The Morgan fingerprint density at radius 3 is 2.12 bits per heavy atom. The number of rotatable bonds is 3. The lowest BCUT2D eigenvalue weighted by Crippen LogP contribution is -2.17. The number of nitrogens with zero attached hydrogens (tertiary/aromatic N) is 2. The molecule has 100 valence electrons. The summed E-state index contributed by atoms with van der Waals surface area (Å²) >= 11 is 0. The fourth-order valence-electron chi connectivity index (χ4n) is 1.12. The van der Waals surface area contributed by atoms with Crippen molar-refractivity contribution in [2.24, 2.45) is 0 Å². The van der Waals surface area contributed by atoms with Crippen molar-refractivity contribution in [1.29, 1.82) is 0 Å². The monoisotopic (exact) mass is 252 g/mol. The average molecular weight is 252 g/mol. The lowest BCUT2D eigenvalue weighted by Gasteiger charge is -2.04. The number of methoxy groups -OCH3 is 1. The van der Waals surface area contributed by atoms with E-state index in [9.17, 15) is 13.2 Å². The molecule has 1 rings (SSSR count). The molecule has 0 bridgehead atoms. The maximum atomic E-state index is 12.0. The van der Waals surface area contributed by atoms with Crippen LogP contribution < -0.4 is 4.74 Å². The van der Waals surface area contributed by atoms with Gasteiger partial charge in [-0.3, -0.25) is 4.68 Å². The van der Waals surface area contributed by atoms with Gasteiger partial charge in [-0.1, -0.05) is 27.2 Å². The highest BCUT2D eigenvalue weighted by Crippen LogP contribution is 2.21. The van der Waals surface area contributed by atoms with Crippen LogP contribution in [0.25, 0.3) is 0 Å². The maximum Gasteiger partial charge on any atom is 0.408 e.